The van der Waals surface area contributed by atoms with Gasteiger partial charge in [-0.25, -0.2) is 9.59 Å². The van der Waals surface area contributed by atoms with Gasteiger partial charge in [-0.3, -0.25) is 53.0 Å². The van der Waals surface area contributed by atoms with Crippen molar-refractivity contribution in [3.8, 4) is 0 Å². The van der Waals surface area contributed by atoms with Gasteiger partial charge in [-0.2, -0.15) is 0 Å². The van der Waals surface area contributed by atoms with Gasteiger partial charge in [0.1, 0.15) is 30.8 Å². The number of hydrogen-bond donors (Lipinski definition) is 8. The second-order valence-corrected chi connectivity index (χ2v) is 26.6. The Balaban J connectivity index is 1.37. The third-order valence-corrected chi connectivity index (χ3v) is 18.3. The van der Waals surface area contributed by atoms with Crippen molar-refractivity contribution in [3.05, 3.63) is 65.7 Å². The van der Waals surface area contributed by atoms with E-state index in [1.54, 1.807) is 116 Å². The number of urea groups is 1. The highest BCUT2D eigenvalue weighted by atomic mass is 16.6. The first-order valence-corrected chi connectivity index (χ1v) is 33.6. The average Bonchev–Trinajstić information content (AvgIpc) is 1.78. The number of hydrogen-bond acceptors (Lipinski definition) is 15. The highest BCUT2D eigenvalue weighted by molar-refractivity contribution is 6.03. The van der Waals surface area contributed by atoms with Gasteiger partial charge in [-0.15, -0.1) is 0 Å². The van der Waals surface area contributed by atoms with E-state index in [4.69, 9.17) is 19.9 Å². The first-order chi connectivity index (χ1) is 44.9. The van der Waals surface area contributed by atoms with Gasteiger partial charge in [-0.05, 0) is 92.4 Å². The fraction of sp³-hybridized carbons (Fsp3) is 0.667. The molecule has 9 N–H and O–H groups in total. The summed E-state index contributed by atoms with van der Waals surface area (Å²) >= 11 is 0. The number of aliphatic hydroxyl groups is 1. The number of amides is 12. The van der Waals surface area contributed by atoms with Crippen LogP contribution in [0.1, 0.15) is 164 Å². The molecule has 2 saturated heterocycles. The zero-order valence-electron chi connectivity index (χ0n) is 58.6. The monoisotopic (exact) mass is 1330 g/mol. The van der Waals surface area contributed by atoms with E-state index in [2.05, 4.69) is 31.9 Å². The summed E-state index contributed by atoms with van der Waals surface area (Å²) in [6.07, 6.45) is 0.806. The SMILES string of the molecule is CC[C@H](C)[C@H]([C@@H](CC(=O)N1CCC[C@H]1[C@H](OC)[C@@H](C)C(=O)N[C@H](C)[C@@H](O)c1ccccc1)OC)N(C)C(=O)[C@@H](NC(=O)[C@H](C(C)C)N(C)C(=O)OCc1ccc(NC(=O)[C@H](CCCNC(N)=O)NC(=O)[C@@H](NC(=O)CCCCCN2C(=O)CC(C)C2=O)C(C)C)cc1)C(C)C. The van der Waals surface area contributed by atoms with Gasteiger partial charge in [-0.1, -0.05) is 125 Å². The number of nitrogens with two attached hydrogens (primary N) is 1. The highest BCUT2D eigenvalue weighted by Gasteiger charge is 2.44. The lowest BCUT2D eigenvalue weighted by atomic mass is 9.89. The van der Waals surface area contributed by atoms with Crippen LogP contribution in [0.4, 0.5) is 15.3 Å². The van der Waals surface area contributed by atoms with E-state index in [0.29, 0.717) is 61.9 Å². The van der Waals surface area contributed by atoms with Gasteiger partial charge < -0.3 is 66.8 Å². The van der Waals surface area contributed by atoms with Crippen LogP contribution >= 0.6 is 0 Å². The highest BCUT2D eigenvalue weighted by Crippen LogP contribution is 2.31. The minimum absolute atomic E-state index is 0.0873. The number of aliphatic hydroxyl groups excluding tert-OH is 1. The molecule has 0 spiro atoms. The van der Waals surface area contributed by atoms with Gasteiger partial charge in [0.05, 0.1) is 48.8 Å². The van der Waals surface area contributed by atoms with E-state index in [-0.39, 0.29) is 99.1 Å². The van der Waals surface area contributed by atoms with Gasteiger partial charge in [0.25, 0.3) is 0 Å². The Bertz CT molecular complexity index is 2880. The van der Waals surface area contributed by atoms with E-state index >= 15 is 0 Å². The summed E-state index contributed by atoms with van der Waals surface area (Å²) in [5.74, 6) is -5.96. The molecule has 530 valence electrons. The van der Waals surface area contributed by atoms with Crippen LogP contribution in [0.3, 0.4) is 0 Å². The molecule has 26 heteroatoms. The molecular formula is C69H109N11O15. The topological polar surface area (TPSA) is 347 Å². The molecule has 2 aliphatic heterocycles. The molecule has 0 bridgehead atoms. The van der Waals surface area contributed by atoms with Gasteiger partial charge in [0, 0.05) is 72.4 Å². The zero-order valence-corrected chi connectivity index (χ0v) is 58.6. The molecule has 2 fully saturated rings. The number of imide groups is 1. The maximum Gasteiger partial charge on any atom is 0.410 e. The number of likely N-dealkylation sites (N-methyl/N-ethyl adjacent to an activating group) is 2. The number of primary amides is 1. The Morgan fingerprint density at radius 1 is 0.737 bits per heavy atom. The van der Waals surface area contributed by atoms with Gasteiger partial charge >= 0.3 is 12.1 Å². The minimum atomic E-state index is -1.11. The number of ether oxygens (including phenoxy) is 3. The zero-order chi connectivity index (χ0) is 71.0. The number of unbranched alkanes of at least 4 members (excludes halogenated alkanes) is 2. The number of methoxy groups -OCH3 is 2. The normalized spacial score (nSPS) is 18.3. The molecule has 26 nitrogen and oxygen atoms in total. The van der Waals surface area contributed by atoms with Crippen LogP contribution in [0.5, 0.6) is 0 Å². The maximum absolute atomic E-state index is 14.8. The second kappa shape index (κ2) is 38.7. The van der Waals surface area contributed by atoms with Crippen LogP contribution < -0.4 is 37.6 Å². The lowest BCUT2D eigenvalue weighted by Gasteiger charge is -2.41. The molecule has 1 unspecified atom stereocenters. The van der Waals surface area contributed by atoms with Crippen LogP contribution in [-0.2, 0) is 64.0 Å². The number of benzene rings is 2. The molecule has 95 heavy (non-hydrogen) atoms. The van der Waals surface area contributed by atoms with Crippen molar-refractivity contribution in [2.45, 2.75) is 214 Å². The number of nitrogens with one attached hydrogen (secondary N) is 6. The largest absolute Gasteiger partial charge is 0.445 e. The molecule has 0 aromatic heterocycles. The Labute approximate surface area is 561 Å². The van der Waals surface area contributed by atoms with Crippen molar-refractivity contribution in [3.63, 3.8) is 0 Å². The molecule has 0 aliphatic carbocycles. The van der Waals surface area contributed by atoms with Crippen LogP contribution in [0, 0.1) is 35.5 Å². The molecule has 0 radical (unpaired) electrons. The van der Waals surface area contributed by atoms with Crippen LogP contribution in [0.15, 0.2) is 54.6 Å². The Morgan fingerprint density at radius 3 is 1.96 bits per heavy atom. The van der Waals surface area contributed by atoms with Crippen molar-refractivity contribution in [1.29, 1.82) is 0 Å². The van der Waals surface area contributed by atoms with Crippen molar-refractivity contribution >= 4 is 71.0 Å². The molecule has 2 aromatic rings. The predicted octanol–water partition coefficient (Wildman–Crippen LogP) is 5.55. The molecule has 2 aromatic carbocycles. The number of anilines is 1. The van der Waals surface area contributed by atoms with Crippen LogP contribution in [0.2, 0.25) is 0 Å². The van der Waals surface area contributed by atoms with Crippen molar-refractivity contribution in [2.75, 3.05) is 53.3 Å². The van der Waals surface area contributed by atoms with E-state index in [1.165, 1.54) is 31.1 Å². The quantitative estimate of drug-likeness (QED) is 0.0302. The molecular weight excluding hydrogens is 1220 g/mol. The maximum atomic E-state index is 14.8. The Hall–Kier alpha value is -7.71. The second-order valence-electron chi connectivity index (χ2n) is 26.6. The van der Waals surface area contributed by atoms with Crippen molar-refractivity contribution in [1.82, 2.24) is 46.2 Å². The first-order valence-electron chi connectivity index (χ1n) is 33.6. The standard InChI is InChI=1S/C69H109N11O15/c1-16-43(8)59(52(93-14)38-55(83)79-36-24-28-51(79)61(94-15)45(10)62(85)72-46(11)60(84)48-25-19-17-20-26-48)77(12)67(90)57(41(4)5)76-65(88)58(42(6)7)78(13)69(92)95-39-47-30-32-49(33-31-47)73-63(86)50(27-23-34-71-68(70)91)74-64(87)56(40(2)3)75-53(81)29-21-18-22-35-80-54(82)37-44(9)66(80)89/h17,19-20,25-26,30-33,40-46,50-52,56-61,84H,16,18,21-24,27-29,34-39H2,1-15H3,(H,72,85)(H,73,86)(H,74,87)(H,75,81)(H,76,88)(H3,70,71,91)/t43-,44?,45+,46+,50-,51-,52+,56-,57-,58-,59+,60+,61+/m0/s1. The van der Waals surface area contributed by atoms with E-state index in [0.717, 1.165) is 0 Å². The van der Waals surface area contributed by atoms with E-state index in [9.17, 15) is 57.8 Å². The Kier molecular flexibility index (Phi) is 32.5. The lowest BCUT2D eigenvalue weighted by Crippen LogP contribution is -2.60. The molecule has 2 aliphatic rings. The number of nitrogens with zero attached hydrogens (tertiary/aromatic N) is 4. The summed E-state index contributed by atoms with van der Waals surface area (Å²) in [5.41, 5.74) is 6.78. The van der Waals surface area contributed by atoms with Crippen molar-refractivity contribution < 1.29 is 72.1 Å². The van der Waals surface area contributed by atoms with Crippen LogP contribution in [-0.4, -0.2) is 192 Å². The summed E-state index contributed by atoms with van der Waals surface area (Å²) in [6.45, 7) is 20.4. The summed E-state index contributed by atoms with van der Waals surface area (Å²) in [7, 11) is 6.08. The molecule has 0 saturated carbocycles. The van der Waals surface area contributed by atoms with Gasteiger partial charge in [0.2, 0.25) is 53.2 Å². The number of carbonyl (C=O) groups excluding carboxylic acids is 11. The van der Waals surface area contributed by atoms with E-state index < -0.39 is 114 Å². The first kappa shape index (κ1) is 79.7. The lowest BCUT2D eigenvalue weighted by molar-refractivity contribution is -0.148. The minimum Gasteiger partial charge on any atom is -0.445 e. The van der Waals surface area contributed by atoms with E-state index in [1.807, 2.05) is 32.0 Å². The Morgan fingerprint density at radius 2 is 1.39 bits per heavy atom. The fourth-order valence-corrected chi connectivity index (χ4v) is 12.5. The summed E-state index contributed by atoms with van der Waals surface area (Å²) in [6, 6.07) is 8.77. The summed E-state index contributed by atoms with van der Waals surface area (Å²) < 4.78 is 17.8. The smallest absolute Gasteiger partial charge is 0.410 e. The molecule has 4 rings (SSSR count). The van der Waals surface area contributed by atoms with Crippen molar-refractivity contribution in [2.24, 2.45) is 41.2 Å². The fourth-order valence-electron chi connectivity index (χ4n) is 12.5. The van der Waals surface area contributed by atoms with Crippen LogP contribution in [0.25, 0.3) is 0 Å². The number of rotatable bonds is 38. The third kappa shape index (κ3) is 23.3. The van der Waals surface area contributed by atoms with Gasteiger partial charge in [0.15, 0.2) is 0 Å². The third-order valence-electron chi connectivity index (χ3n) is 18.3. The number of carbonyl (C=O) groups is 11. The molecule has 2 heterocycles. The molecule has 13 atom stereocenters. The molecule has 12 amide bonds. The average molecular weight is 1330 g/mol. The predicted molar refractivity (Wildman–Crippen MR) is 358 cm³/mol. The summed E-state index contributed by atoms with van der Waals surface area (Å²) in [4.78, 5) is 153. The summed E-state index contributed by atoms with van der Waals surface area (Å²) in [5, 5.41) is 27.7. The number of likely N-dealkylation sites (tertiary alicyclic amines) is 2.